The van der Waals surface area contributed by atoms with Crippen LogP contribution < -0.4 is 5.56 Å². The molecule has 0 N–H and O–H groups in total. The van der Waals surface area contributed by atoms with Crippen LogP contribution in [0.4, 0.5) is 4.79 Å². The number of carbonyl (C=O) groups excluding carboxylic acids is 2. The first-order valence-electron chi connectivity index (χ1n) is 12.1. The molecule has 2 aliphatic rings. The lowest BCUT2D eigenvalue weighted by molar-refractivity contribution is -0.133. The molecule has 0 spiro atoms. The summed E-state index contributed by atoms with van der Waals surface area (Å²) in [7, 11) is 0. The lowest BCUT2D eigenvalue weighted by atomic mass is 10.1. The first kappa shape index (κ1) is 23.1. The van der Waals surface area contributed by atoms with E-state index in [1.807, 2.05) is 32.0 Å². The average Bonchev–Trinajstić information content (AvgIpc) is 3.60. The number of carbonyl (C=O) groups is 2. The minimum Gasteiger partial charge on any atom is -0.450 e. The standard InChI is InChI=1S/C25H30N6O4/c1-4-35-25(34)29-11-9-28(10-12-29)21(32)15-30-24(33)23-20(22(27-30)18-6-7-18)14-26-31(23)19-8-5-16(2)17(3)13-19/h5,8,13-14,18H,4,6-7,9-12,15H2,1-3H3. The predicted octanol–water partition coefficient (Wildman–Crippen LogP) is 2.38. The van der Waals surface area contributed by atoms with Gasteiger partial charge < -0.3 is 14.5 Å². The SMILES string of the molecule is CCOC(=O)N1CCN(C(=O)Cn2nc(C3CC3)c3cnn(-c4ccc(C)c(C)c4)c3c2=O)CC1. The maximum atomic E-state index is 13.6. The van der Waals surface area contributed by atoms with E-state index >= 15 is 0 Å². The lowest BCUT2D eigenvalue weighted by Crippen LogP contribution is -2.51. The molecule has 10 heteroatoms. The molecular formula is C25H30N6O4. The number of fused-ring (bicyclic) bond motifs is 1. The van der Waals surface area contributed by atoms with Crippen molar-refractivity contribution >= 4 is 22.9 Å². The van der Waals surface area contributed by atoms with Crippen molar-refractivity contribution in [2.45, 2.75) is 46.1 Å². The molecule has 10 nitrogen and oxygen atoms in total. The first-order chi connectivity index (χ1) is 16.9. The molecule has 1 aromatic carbocycles. The maximum Gasteiger partial charge on any atom is 0.409 e. The summed E-state index contributed by atoms with van der Waals surface area (Å²) in [6.45, 7) is 7.60. The van der Waals surface area contributed by atoms with E-state index in [-0.39, 0.29) is 30.0 Å². The number of ether oxygens (including phenoxy) is 1. The van der Waals surface area contributed by atoms with Crippen molar-refractivity contribution in [1.29, 1.82) is 0 Å². The van der Waals surface area contributed by atoms with Gasteiger partial charge in [0.1, 0.15) is 12.1 Å². The summed E-state index contributed by atoms with van der Waals surface area (Å²) in [5, 5.41) is 9.91. The molecule has 0 bridgehead atoms. The molecule has 2 aromatic heterocycles. The van der Waals surface area contributed by atoms with Crippen LogP contribution in [-0.4, -0.2) is 74.1 Å². The molecule has 3 aromatic rings. The average molecular weight is 479 g/mol. The van der Waals surface area contributed by atoms with E-state index in [1.165, 1.54) is 4.68 Å². The minimum absolute atomic E-state index is 0.147. The van der Waals surface area contributed by atoms with Gasteiger partial charge in [-0.3, -0.25) is 9.59 Å². The van der Waals surface area contributed by atoms with Crippen molar-refractivity contribution in [3.63, 3.8) is 0 Å². The molecular weight excluding hydrogens is 448 g/mol. The molecule has 0 atom stereocenters. The molecule has 184 valence electrons. The van der Waals surface area contributed by atoms with Gasteiger partial charge in [-0.2, -0.15) is 10.2 Å². The number of piperazine rings is 1. The predicted molar refractivity (Wildman–Crippen MR) is 130 cm³/mol. The molecule has 1 aliphatic carbocycles. The summed E-state index contributed by atoms with van der Waals surface area (Å²) in [6.07, 6.45) is 3.38. The summed E-state index contributed by atoms with van der Waals surface area (Å²) in [5.41, 5.74) is 4.02. The zero-order valence-corrected chi connectivity index (χ0v) is 20.4. The van der Waals surface area contributed by atoms with Gasteiger partial charge >= 0.3 is 6.09 Å². The van der Waals surface area contributed by atoms with Crippen molar-refractivity contribution in [2.24, 2.45) is 0 Å². The Morgan fingerprint density at radius 3 is 2.43 bits per heavy atom. The fourth-order valence-electron chi connectivity index (χ4n) is 4.49. The number of hydrogen-bond acceptors (Lipinski definition) is 6. The Morgan fingerprint density at radius 1 is 1.06 bits per heavy atom. The molecule has 0 radical (unpaired) electrons. The highest BCUT2D eigenvalue weighted by Gasteiger charge is 2.31. The van der Waals surface area contributed by atoms with Crippen LogP contribution >= 0.6 is 0 Å². The van der Waals surface area contributed by atoms with E-state index in [0.29, 0.717) is 38.3 Å². The van der Waals surface area contributed by atoms with Gasteiger partial charge in [0.2, 0.25) is 5.91 Å². The van der Waals surface area contributed by atoms with Crippen LogP contribution in [0.1, 0.15) is 42.5 Å². The first-order valence-corrected chi connectivity index (χ1v) is 12.1. The molecule has 2 amide bonds. The van der Waals surface area contributed by atoms with Gasteiger partial charge in [-0.05, 0) is 56.9 Å². The van der Waals surface area contributed by atoms with Crippen LogP contribution in [0.15, 0.2) is 29.2 Å². The Kier molecular flexibility index (Phi) is 6.04. The molecule has 2 fully saturated rings. The zero-order chi connectivity index (χ0) is 24.7. The van der Waals surface area contributed by atoms with Crippen molar-refractivity contribution in [3.05, 3.63) is 51.6 Å². The second-order valence-electron chi connectivity index (χ2n) is 9.28. The fraction of sp³-hybridized carbons (Fsp3) is 0.480. The third-order valence-electron chi connectivity index (χ3n) is 6.85. The van der Waals surface area contributed by atoms with Gasteiger partial charge in [0.15, 0.2) is 0 Å². The third-order valence-corrected chi connectivity index (χ3v) is 6.85. The lowest BCUT2D eigenvalue weighted by Gasteiger charge is -2.34. The molecule has 35 heavy (non-hydrogen) atoms. The zero-order valence-electron chi connectivity index (χ0n) is 20.4. The van der Waals surface area contributed by atoms with E-state index in [1.54, 1.807) is 27.6 Å². The van der Waals surface area contributed by atoms with E-state index in [9.17, 15) is 14.4 Å². The second-order valence-corrected chi connectivity index (χ2v) is 9.28. The Bertz CT molecular complexity index is 1350. The van der Waals surface area contributed by atoms with Gasteiger partial charge in [0, 0.05) is 37.5 Å². The van der Waals surface area contributed by atoms with Gasteiger partial charge in [0.05, 0.1) is 24.2 Å². The van der Waals surface area contributed by atoms with E-state index in [4.69, 9.17) is 4.74 Å². The number of benzene rings is 1. The normalized spacial score (nSPS) is 16.1. The highest BCUT2D eigenvalue weighted by atomic mass is 16.6. The highest BCUT2D eigenvalue weighted by molar-refractivity contribution is 5.83. The monoisotopic (exact) mass is 478 g/mol. The van der Waals surface area contributed by atoms with Crippen LogP contribution in [0.3, 0.4) is 0 Å². The third kappa shape index (κ3) is 4.40. The maximum absolute atomic E-state index is 13.6. The van der Waals surface area contributed by atoms with Gasteiger partial charge in [-0.25, -0.2) is 14.2 Å². The van der Waals surface area contributed by atoms with E-state index in [2.05, 4.69) is 10.2 Å². The molecule has 5 rings (SSSR count). The molecule has 1 saturated carbocycles. The number of hydrogen-bond donors (Lipinski definition) is 0. The summed E-state index contributed by atoms with van der Waals surface area (Å²) >= 11 is 0. The highest BCUT2D eigenvalue weighted by Crippen LogP contribution is 2.41. The van der Waals surface area contributed by atoms with E-state index < -0.39 is 0 Å². The summed E-state index contributed by atoms with van der Waals surface area (Å²) < 4.78 is 7.99. The number of aromatic nitrogens is 4. The quantitative estimate of drug-likeness (QED) is 0.558. The number of amides is 2. The molecule has 1 saturated heterocycles. The Labute approximate surface area is 203 Å². The summed E-state index contributed by atoms with van der Waals surface area (Å²) in [5.74, 6) is 0.0893. The van der Waals surface area contributed by atoms with Crippen LogP contribution in [0, 0.1) is 13.8 Å². The second kappa shape index (κ2) is 9.16. The van der Waals surface area contributed by atoms with Crippen LogP contribution in [0.25, 0.3) is 16.6 Å². The molecule has 3 heterocycles. The van der Waals surface area contributed by atoms with E-state index in [0.717, 1.165) is 40.7 Å². The van der Waals surface area contributed by atoms with Crippen LogP contribution in [0.5, 0.6) is 0 Å². The largest absolute Gasteiger partial charge is 0.450 e. The molecule has 0 unspecified atom stereocenters. The Hall–Kier alpha value is -3.69. The van der Waals surface area contributed by atoms with Crippen molar-refractivity contribution in [3.8, 4) is 5.69 Å². The Morgan fingerprint density at radius 2 is 1.77 bits per heavy atom. The van der Waals surface area contributed by atoms with Crippen LogP contribution in [0.2, 0.25) is 0 Å². The minimum atomic E-state index is -0.364. The number of aryl methyl sites for hydroxylation is 2. The van der Waals surface area contributed by atoms with Crippen molar-refractivity contribution < 1.29 is 14.3 Å². The summed E-state index contributed by atoms with van der Waals surface area (Å²) in [4.78, 5) is 41.9. The van der Waals surface area contributed by atoms with Crippen molar-refractivity contribution in [2.75, 3.05) is 32.8 Å². The number of rotatable bonds is 5. The Balaban J connectivity index is 1.44. The van der Waals surface area contributed by atoms with Gasteiger partial charge in [-0.1, -0.05) is 6.07 Å². The smallest absolute Gasteiger partial charge is 0.409 e. The topological polar surface area (TPSA) is 103 Å². The van der Waals surface area contributed by atoms with Gasteiger partial charge in [0.25, 0.3) is 5.56 Å². The fourth-order valence-corrected chi connectivity index (χ4v) is 4.49. The summed E-state index contributed by atoms with van der Waals surface area (Å²) in [6, 6.07) is 5.97. The van der Waals surface area contributed by atoms with Crippen LogP contribution in [-0.2, 0) is 16.1 Å². The van der Waals surface area contributed by atoms with Crippen molar-refractivity contribution in [1.82, 2.24) is 29.4 Å². The number of nitrogens with zero attached hydrogens (tertiary/aromatic N) is 6. The molecule has 1 aliphatic heterocycles. The van der Waals surface area contributed by atoms with Gasteiger partial charge in [-0.15, -0.1) is 0 Å².